The molecule has 2 atom stereocenters. The number of rotatable bonds is 4. The summed E-state index contributed by atoms with van der Waals surface area (Å²) in [5.41, 5.74) is 0.218. The largest absolute Gasteiger partial charge is 0.487 e. The van der Waals surface area contributed by atoms with E-state index in [1.165, 1.54) is 18.3 Å². The second-order valence-electron chi connectivity index (χ2n) is 4.30. The van der Waals surface area contributed by atoms with Crippen molar-refractivity contribution in [3.05, 3.63) is 40.6 Å². The Hall–Kier alpha value is -2.21. The number of nitro benzene ring substituents is 1. The van der Waals surface area contributed by atoms with Crippen LogP contribution in [-0.4, -0.2) is 27.2 Å². The van der Waals surface area contributed by atoms with E-state index in [-0.39, 0.29) is 11.2 Å². The monoisotopic (exact) mass is 262 g/mol. The van der Waals surface area contributed by atoms with Crippen LogP contribution < -0.4 is 4.74 Å². The first-order chi connectivity index (χ1) is 9.00. The summed E-state index contributed by atoms with van der Waals surface area (Å²) in [5, 5.41) is 20.9. The fraction of sp³-hybridized carbons (Fsp3) is 0.308. The highest BCUT2D eigenvalue weighted by Gasteiger charge is 2.18. The molecular weight excluding hydrogens is 248 g/mol. The van der Waals surface area contributed by atoms with Crippen LogP contribution in [0.2, 0.25) is 0 Å². The molecule has 1 aromatic carbocycles. The van der Waals surface area contributed by atoms with Crippen LogP contribution in [0.3, 0.4) is 0 Å². The third-order valence-electron chi connectivity index (χ3n) is 2.90. The van der Waals surface area contributed by atoms with E-state index in [0.717, 1.165) is 0 Å². The van der Waals surface area contributed by atoms with Crippen LogP contribution in [-0.2, 0) is 0 Å². The van der Waals surface area contributed by atoms with Crippen LogP contribution in [0.4, 0.5) is 5.69 Å². The first-order valence-corrected chi connectivity index (χ1v) is 5.87. The molecule has 6 heteroatoms. The second-order valence-corrected chi connectivity index (χ2v) is 4.30. The van der Waals surface area contributed by atoms with Crippen molar-refractivity contribution in [2.75, 3.05) is 0 Å². The summed E-state index contributed by atoms with van der Waals surface area (Å²) >= 11 is 0. The second kappa shape index (κ2) is 5.19. The van der Waals surface area contributed by atoms with E-state index < -0.39 is 17.1 Å². The molecular formula is C13H14N2O4. The molecule has 1 N–H and O–H groups in total. The summed E-state index contributed by atoms with van der Waals surface area (Å²) in [6.07, 6.45) is 0.448. The number of hydrogen-bond donors (Lipinski definition) is 1. The van der Waals surface area contributed by atoms with Crippen molar-refractivity contribution < 1.29 is 14.8 Å². The maximum absolute atomic E-state index is 10.9. The van der Waals surface area contributed by atoms with Crippen molar-refractivity contribution in [2.24, 2.45) is 0 Å². The summed E-state index contributed by atoms with van der Waals surface area (Å²) in [7, 11) is 0. The minimum atomic E-state index is -0.637. The summed E-state index contributed by atoms with van der Waals surface area (Å²) in [5.74, 6) is 0.474. The Morgan fingerprint density at radius 3 is 2.74 bits per heavy atom. The highest BCUT2D eigenvalue weighted by atomic mass is 16.6. The minimum Gasteiger partial charge on any atom is -0.487 e. The van der Waals surface area contributed by atoms with Gasteiger partial charge in [0.05, 0.1) is 11.0 Å². The number of nitro groups is 1. The lowest BCUT2D eigenvalue weighted by Crippen LogP contribution is -2.25. The molecule has 0 aliphatic heterocycles. The van der Waals surface area contributed by atoms with Gasteiger partial charge in [0.1, 0.15) is 11.9 Å². The lowest BCUT2D eigenvalue weighted by molar-refractivity contribution is -0.383. The zero-order valence-corrected chi connectivity index (χ0v) is 10.6. The summed E-state index contributed by atoms with van der Waals surface area (Å²) in [6.45, 7) is 3.35. The van der Waals surface area contributed by atoms with E-state index in [4.69, 9.17) is 4.74 Å². The Balaban J connectivity index is 2.53. The smallest absolute Gasteiger partial charge is 0.295 e. The van der Waals surface area contributed by atoms with Crippen molar-refractivity contribution in [1.82, 2.24) is 4.98 Å². The average molecular weight is 262 g/mol. The normalized spacial score (nSPS) is 14.1. The van der Waals surface area contributed by atoms with Crippen LogP contribution >= 0.6 is 0 Å². The predicted octanol–water partition coefficient (Wildman–Crippen LogP) is 2.29. The topological polar surface area (TPSA) is 85.5 Å². The average Bonchev–Trinajstić information content (AvgIpc) is 2.38. The fourth-order valence-electron chi connectivity index (χ4n) is 1.68. The lowest BCUT2D eigenvalue weighted by atomic mass is 10.1. The number of non-ortho nitro benzene ring substituents is 1. The lowest BCUT2D eigenvalue weighted by Gasteiger charge is -2.18. The molecule has 2 unspecified atom stereocenters. The molecule has 19 heavy (non-hydrogen) atoms. The van der Waals surface area contributed by atoms with Crippen molar-refractivity contribution >= 4 is 16.6 Å². The van der Waals surface area contributed by atoms with Gasteiger partial charge in [-0.15, -0.1) is 0 Å². The Morgan fingerprint density at radius 2 is 2.11 bits per heavy atom. The Labute approximate surface area is 109 Å². The van der Waals surface area contributed by atoms with Crippen LogP contribution in [0, 0.1) is 10.1 Å². The van der Waals surface area contributed by atoms with E-state index in [1.807, 2.05) is 0 Å². The molecule has 0 amide bonds. The summed E-state index contributed by atoms with van der Waals surface area (Å²) in [6, 6.07) is 6.28. The molecule has 0 fully saturated rings. The van der Waals surface area contributed by atoms with Gasteiger partial charge >= 0.3 is 0 Å². The Bertz CT molecular complexity index is 613. The van der Waals surface area contributed by atoms with Crippen LogP contribution in [0.25, 0.3) is 10.9 Å². The van der Waals surface area contributed by atoms with Crippen LogP contribution in [0.1, 0.15) is 13.8 Å². The zero-order valence-electron chi connectivity index (χ0n) is 10.6. The number of hydrogen-bond acceptors (Lipinski definition) is 5. The molecule has 2 aromatic rings. The SMILES string of the molecule is CC(O)C(C)Oc1ccc([N+](=O)[O-])c2ncccc12. The molecule has 0 radical (unpaired) electrons. The molecule has 6 nitrogen and oxygen atoms in total. The van der Waals surface area contributed by atoms with Gasteiger partial charge in [-0.3, -0.25) is 10.1 Å². The first kappa shape index (κ1) is 13.2. The molecule has 1 heterocycles. The number of nitrogens with zero attached hydrogens (tertiary/aromatic N) is 2. The van der Waals surface area contributed by atoms with Gasteiger partial charge in [-0.25, -0.2) is 4.98 Å². The van der Waals surface area contributed by atoms with E-state index in [1.54, 1.807) is 26.0 Å². The number of aliphatic hydroxyl groups excluding tert-OH is 1. The molecule has 100 valence electrons. The summed E-state index contributed by atoms with van der Waals surface area (Å²) in [4.78, 5) is 14.5. The zero-order chi connectivity index (χ0) is 14.0. The third kappa shape index (κ3) is 2.63. The molecule has 1 aromatic heterocycles. The van der Waals surface area contributed by atoms with Crippen LogP contribution in [0.15, 0.2) is 30.5 Å². The van der Waals surface area contributed by atoms with Crippen molar-refractivity contribution in [1.29, 1.82) is 0 Å². The quantitative estimate of drug-likeness (QED) is 0.675. The van der Waals surface area contributed by atoms with E-state index in [2.05, 4.69) is 4.98 Å². The van der Waals surface area contributed by atoms with Gasteiger partial charge in [0.15, 0.2) is 5.52 Å². The molecule has 0 aliphatic rings. The van der Waals surface area contributed by atoms with Gasteiger partial charge in [0, 0.05) is 17.6 Å². The standard InChI is InChI=1S/C13H14N2O4/c1-8(16)9(2)19-12-6-5-11(15(17)18)13-10(12)4-3-7-14-13/h3-9,16H,1-2H3. The van der Waals surface area contributed by atoms with Crippen molar-refractivity contribution in [3.63, 3.8) is 0 Å². The number of benzene rings is 1. The molecule has 0 bridgehead atoms. The predicted molar refractivity (Wildman–Crippen MR) is 70.2 cm³/mol. The van der Waals surface area contributed by atoms with Crippen molar-refractivity contribution in [2.45, 2.75) is 26.1 Å². The summed E-state index contributed by atoms with van der Waals surface area (Å²) < 4.78 is 5.61. The Morgan fingerprint density at radius 1 is 1.37 bits per heavy atom. The van der Waals surface area contributed by atoms with E-state index in [0.29, 0.717) is 11.1 Å². The van der Waals surface area contributed by atoms with Gasteiger partial charge in [-0.1, -0.05) is 0 Å². The van der Waals surface area contributed by atoms with E-state index >= 15 is 0 Å². The molecule has 0 aliphatic carbocycles. The maximum Gasteiger partial charge on any atom is 0.295 e. The van der Waals surface area contributed by atoms with Gasteiger partial charge in [-0.2, -0.15) is 0 Å². The number of pyridine rings is 1. The van der Waals surface area contributed by atoms with Gasteiger partial charge < -0.3 is 9.84 Å². The van der Waals surface area contributed by atoms with E-state index in [9.17, 15) is 15.2 Å². The van der Waals surface area contributed by atoms with Crippen LogP contribution in [0.5, 0.6) is 5.75 Å². The number of ether oxygens (including phenoxy) is 1. The molecule has 2 rings (SSSR count). The highest BCUT2D eigenvalue weighted by molar-refractivity contribution is 5.92. The molecule has 0 saturated heterocycles. The molecule has 0 spiro atoms. The first-order valence-electron chi connectivity index (χ1n) is 5.87. The molecule has 0 saturated carbocycles. The Kier molecular flexibility index (Phi) is 3.62. The highest BCUT2D eigenvalue weighted by Crippen LogP contribution is 2.31. The number of fused-ring (bicyclic) bond motifs is 1. The van der Waals surface area contributed by atoms with Gasteiger partial charge in [0.25, 0.3) is 5.69 Å². The minimum absolute atomic E-state index is 0.0624. The number of aliphatic hydroxyl groups is 1. The number of aromatic nitrogens is 1. The fourth-order valence-corrected chi connectivity index (χ4v) is 1.68. The van der Waals surface area contributed by atoms with Gasteiger partial charge in [0.2, 0.25) is 0 Å². The third-order valence-corrected chi connectivity index (χ3v) is 2.90. The maximum atomic E-state index is 10.9. The van der Waals surface area contributed by atoms with Gasteiger partial charge in [-0.05, 0) is 32.0 Å². The van der Waals surface area contributed by atoms with Crippen molar-refractivity contribution in [3.8, 4) is 5.75 Å².